The largest absolute Gasteiger partial charge is 0.478 e. The van der Waals surface area contributed by atoms with Gasteiger partial charge in [0.25, 0.3) is 5.88 Å². The van der Waals surface area contributed by atoms with Gasteiger partial charge < -0.3 is 29.9 Å². The van der Waals surface area contributed by atoms with Crippen LogP contribution in [0.5, 0.6) is 5.88 Å². The second-order valence-electron chi connectivity index (χ2n) is 8.06. The summed E-state index contributed by atoms with van der Waals surface area (Å²) in [4.78, 5) is 27.1. The van der Waals surface area contributed by atoms with E-state index < -0.39 is 24.2 Å². The van der Waals surface area contributed by atoms with Crippen molar-refractivity contribution in [3.05, 3.63) is 25.2 Å². The van der Waals surface area contributed by atoms with Crippen LogP contribution in [0.25, 0.3) is 11.2 Å². The van der Waals surface area contributed by atoms with Crippen LogP contribution in [0.1, 0.15) is 13.8 Å². The highest BCUT2D eigenvalue weighted by atomic mass is 19.1. The smallest absolute Gasteiger partial charge is 0.256 e. The third-order valence-corrected chi connectivity index (χ3v) is 5.46. The number of nitrogens with zero attached hydrogens (tertiary/aromatic N) is 7. The molecule has 0 spiro atoms. The van der Waals surface area contributed by atoms with E-state index in [1.807, 2.05) is 11.5 Å². The molecule has 1 aliphatic rings. The lowest BCUT2D eigenvalue weighted by molar-refractivity contribution is -0.117. The number of imidazole rings is 1. The fourth-order valence-corrected chi connectivity index (χ4v) is 3.83. The van der Waals surface area contributed by atoms with Crippen LogP contribution in [0.4, 0.5) is 21.8 Å². The van der Waals surface area contributed by atoms with E-state index in [0.29, 0.717) is 41.0 Å². The molecule has 0 bridgehead atoms. The predicted molar refractivity (Wildman–Crippen MR) is 124 cm³/mol. The molecule has 3 N–H and O–H groups in total. The molecular formula is C21H28FN9O3. The summed E-state index contributed by atoms with van der Waals surface area (Å²) in [7, 11) is 1.50. The van der Waals surface area contributed by atoms with Crippen LogP contribution in [-0.2, 0) is 17.9 Å². The van der Waals surface area contributed by atoms with Gasteiger partial charge in [0.05, 0.1) is 44.9 Å². The highest BCUT2D eigenvalue weighted by molar-refractivity contribution is 5.88. The number of carbonyl (C=O) groups excluding carboxylic acids is 1. The lowest BCUT2D eigenvalue weighted by atomic mass is 10.2. The van der Waals surface area contributed by atoms with Gasteiger partial charge in [-0.3, -0.25) is 9.48 Å². The Morgan fingerprint density at radius 1 is 1.44 bits per heavy atom. The van der Waals surface area contributed by atoms with Crippen molar-refractivity contribution in [1.82, 2.24) is 34.6 Å². The third kappa shape index (κ3) is 4.64. The maximum Gasteiger partial charge on any atom is 0.256 e. The van der Waals surface area contributed by atoms with Gasteiger partial charge in [-0.25, -0.2) is 9.37 Å². The van der Waals surface area contributed by atoms with E-state index in [9.17, 15) is 14.3 Å². The van der Waals surface area contributed by atoms with Gasteiger partial charge in [0.1, 0.15) is 11.9 Å². The van der Waals surface area contributed by atoms with Crippen LogP contribution in [0.3, 0.4) is 0 Å². The van der Waals surface area contributed by atoms with Gasteiger partial charge in [-0.2, -0.15) is 9.97 Å². The molecule has 1 unspecified atom stereocenters. The number of anilines is 3. The van der Waals surface area contributed by atoms with Crippen LogP contribution >= 0.6 is 0 Å². The molecule has 182 valence electrons. The number of hydrogen-bond donors (Lipinski definition) is 3. The average Bonchev–Trinajstić information content (AvgIpc) is 3.50. The minimum absolute atomic E-state index is 0.0307. The second kappa shape index (κ2) is 9.63. The Hall–Kier alpha value is -3.74. The summed E-state index contributed by atoms with van der Waals surface area (Å²) >= 11 is 0. The first-order chi connectivity index (χ1) is 16.3. The number of carbonyl (C=O) groups is 1. The number of nitrogens with one attached hydrogen (secondary N) is 2. The average molecular weight is 474 g/mol. The number of aryl methyl sites for hydroxylation is 1. The van der Waals surface area contributed by atoms with Crippen LogP contribution < -0.4 is 20.3 Å². The third-order valence-electron chi connectivity index (χ3n) is 5.46. The van der Waals surface area contributed by atoms with E-state index in [2.05, 4.69) is 37.3 Å². The number of amides is 1. The van der Waals surface area contributed by atoms with Crippen molar-refractivity contribution in [3.8, 4) is 5.88 Å². The number of rotatable bonds is 9. The van der Waals surface area contributed by atoms with Gasteiger partial charge in [0, 0.05) is 13.1 Å². The monoisotopic (exact) mass is 473 g/mol. The Morgan fingerprint density at radius 3 is 2.91 bits per heavy atom. The molecule has 0 aliphatic carbocycles. The van der Waals surface area contributed by atoms with Gasteiger partial charge in [0.2, 0.25) is 11.9 Å². The summed E-state index contributed by atoms with van der Waals surface area (Å²) in [6.45, 7) is 8.20. The summed E-state index contributed by atoms with van der Waals surface area (Å²) in [5.41, 5.74) is 1.64. The predicted octanol–water partition coefficient (Wildman–Crippen LogP) is 1.00. The zero-order valence-corrected chi connectivity index (χ0v) is 19.3. The number of aromatic nitrogens is 6. The normalized spacial score (nSPS) is 18.8. The summed E-state index contributed by atoms with van der Waals surface area (Å²) < 4.78 is 23.4. The molecule has 0 aromatic carbocycles. The summed E-state index contributed by atoms with van der Waals surface area (Å²) in [6, 6.07) is -0.698. The minimum atomic E-state index is -1.28. The Kier molecular flexibility index (Phi) is 6.63. The first kappa shape index (κ1) is 23.4. The van der Waals surface area contributed by atoms with Crippen LogP contribution in [0, 0.1) is 0 Å². The number of ether oxygens (including phenoxy) is 1. The highest BCUT2D eigenvalue weighted by Crippen LogP contribution is 2.31. The Morgan fingerprint density at radius 2 is 2.24 bits per heavy atom. The maximum atomic E-state index is 14.6. The van der Waals surface area contributed by atoms with Crippen molar-refractivity contribution >= 4 is 34.5 Å². The van der Waals surface area contributed by atoms with E-state index in [1.54, 1.807) is 29.0 Å². The van der Waals surface area contributed by atoms with Gasteiger partial charge in [-0.15, -0.1) is 5.10 Å². The Bertz CT molecular complexity index is 1190. The van der Waals surface area contributed by atoms with Crippen LogP contribution in [0.2, 0.25) is 0 Å². The summed E-state index contributed by atoms with van der Waals surface area (Å²) in [5.74, 6) is 0.592. The van der Waals surface area contributed by atoms with Crippen molar-refractivity contribution in [2.45, 2.75) is 45.3 Å². The molecule has 3 aromatic heterocycles. The number of halogens is 1. The standard InChI is InChI=1S/C21H28FN9O3/c1-5-16(33)24-14-9-30(8-13(14)22)21-26-18(17-19(27-21)29(6-2)11-23-17)25-15-10-31(7-12(3)32)28-20(15)34-4/h5,10-14,32H,1,6-9H2,2-4H3,(H,24,33)(H,25,26,27)/t12?,13-,14+/m0/s1. The number of hydrogen-bond acceptors (Lipinski definition) is 9. The van der Waals surface area contributed by atoms with Crippen LogP contribution in [-0.4, -0.2) is 78.8 Å². The van der Waals surface area contributed by atoms with E-state index in [4.69, 9.17) is 4.74 Å². The van der Waals surface area contributed by atoms with Crippen molar-refractivity contribution in [2.24, 2.45) is 0 Å². The lowest BCUT2D eigenvalue weighted by Gasteiger charge is -2.17. The van der Waals surface area contributed by atoms with Gasteiger partial charge in [-0.1, -0.05) is 6.58 Å². The SMILES string of the molecule is C=CC(=O)N[C@@H]1CN(c2nc(Nc3cn(CC(C)O)nc3OC)c3ncn(CC)c3n2)C[C@@H]1F. The van der Waals surface area contributed by atoms with E-state index in [0.717, 1.165) is 6.08 Å². The summed E-state index contributed by atoms with van der Waals surface area (Å²) in [6.07, 6.45) is 2.61. The number of fused-ring (bicyclic) bond motifs is 1. The second-order valence-corrected chi connectivity index (χ2v) is 8.06. The minimum Gasteiger partial charge on any atom is -0.478 e. The molecule has 1 saturated heterocycles. The number of alkyl halides is 1. The zero-order valence-electron chi connectivity index (χ0n) is 19.3. The van der Waals surface area contributed by atoms with E-state index in [1.165, 1.54) is 7.11 Å². The molecule has 3 aromatic rings. The van der Waals surface area contributed by atoms with Gasteiger partial charge in [0.15, 0.2) is 17.0 Å². The maximum absolute atomic E-state index is 14.6. The summed E-state index contributed by atoms with van der Waals surface area (Å²) in [5, 5.41) is 19.8. The Labute approximate surface area is 195 Å². The van der Waals surface area contributed by atoms with E-state index in [-0.39, 0.29) is 19.6 Å². The molecule has 1 fully saturated rings. The van der Waals surface area contributed by atoms with Gasteiger partial charge >= 0.3 is 0 Å². The quantitative estimate of drug-likeness (QED) is 0.389. The molecular weight excluding hydrogens is 445 g/mol. The Balaban J connectivity index is 1.69. The van der Waals surface area contributed by atoms with Crippen molar-refractivity contribution in [3.63, 3.8) is 0 Å². The van der Waals surface area contributed by atoms with Crippen molar-refractivity contribution in [1.29, 1.82) is 0 Å². The topological polar surface area (TPSA) is 135 Å². The van der Waals surface area contributed by atoms with E-state index >= 15 is 0 Å². The number of aliphatic hydroxyl groups is 1. The molecule has 0 radical (unpaired) electrons. The molecule has 12 nitrogen and oxygen atoms in total. The molecule has 1 amide bonds. The highest BCUT2D eigenvalue weighted by Gasteiger charge is 2.35. The molecule has 4 rings (SSSR count). The van der Waals surface area contributed by atoms with Crippen LogP contribution in [0.15, 0.2) is 25.2 Å². The number of aliphatic hydroxyl groups excluding tert-OH is 1. The molecule has 13 heteroatoms. The zero-order chi connectivity index (χ0) is 24.4. The molecule has 34 heavy (non-hydrogen) atoms. The first-order valence-corrected chi connectivity index (χ1v) is 10.9. The van der Waals surface area contributed by atoms with Crippen molar-refractivity contribution in [2.75, 3.05) is 30.4 Å². The first-order valence-electron chi connectivity index (χ1n) is 10.9. The molecule has 4 heterocycles. The fraction of sp³-hybridized carbons (Fsp3) is 0.476. The fourth-order valence-electron chi connectivity index (χ4n) is 3.83. The molecule has 0 saturated carbocycles. The van der Waals surface area contributed by atoms with Gasteiger partial charge in [-0.05, 0) is 19.9 Å². The lowest BCUT2D eigenvalue weighted by Crippen LogP contribution is -2.40. The number of methoxy groups -OCH3 is 1. The molecule has 1 aliphatic heterocycles. The van der Waals surface area contributed by atoms with Crippen molar-refractivity contribution < 1.29 is 19.0 Å². The molecule has 3 atom stereocenters.